The number of carbonyl (C=O) groups is 4. The molecule has 4 saturated carbocycles. The Morgan fingerprint density at radius 2 is 1.89 bits per heavy atom. The SMILES string of the molecule is C=C1/C(=C\C=C2/CCC[C@@]3(C)C2CCC3[C@@H](C)/C=C/C(O)C2CC2)C[C@@H](OC(=O)CSC2CC(=O)N(CCCC(=O)OCC3OC(n4ccc(N)nc4=O)C(F)(F)C3O)C2=O)C[C@@H]1O. The van der Waals surface area contributed by atoms with Gasteiger partial charge in [0, 0.05) is 38.4 Å². The van der Waals surface area contributed by atoms with Crippen molar-refractivity contribution < 1.29 is 57.5 Å². The number of hydrogen-bond donors (Lipinski definition) is 4. The molecule has 5 N–H and O–H groups in total. The van der Waals surface area contributed by atoms with Crippen molar-refractivity contribution in [3.8, 4) is 0 Å². The van der Waals surface area contributed by atoms with Crippen LogP contribution in [-0.2, 0) is 33.4 Å². The molecule has 3 heterocycles. The maximum atomic E-state index is 14.8. The summed E-state index contributed by atoms with van der Waals surface area (Å²) >= 11 is 0.979. The summed E-state index contributed by atoms with van der Waals surface area (Å²) in [6.07, 6.45) is 9.12. The molecule has 6 aliphatic rings. The second kappa shape index (κ2) is 19.7. The lowest BCUT2D eigenvalue weighted by molar-refractivity contribution is -0.151. The third-order valence-electron chi connectivity index (χ3n) is 14.2. The number of thioether (sulfide) groups is 1. The van der Waals surface area contributed by atoms with Crippen molar-refractivity contribution in [3.63, 3.8) is 0 Å². The van der Waals surface area contributed by atoms with Crippen LogP contribution in [0.4, 0.5) is 14.6 Å². The van der Waals surface area contributed by atoms with Gasteiger partial charge in [0.15, 0.2) is 6.10 Å². The summed E-state index contributed by atoms with van der Waals surface area (Å²) in [6, 6.07) is 1.11. The molecule has 11 atom stereocenters. The van der Waals surface area contributed by atoms with E-state index in [1.165, 1.54) is 5.57 Å². The van der Waals surface area contributed by atoms with Crippen LogP contribution in [0.3, 0.4) is 0 Å². The largest absolute Gasteiger partial charge is 0.463 e. The number of ether oxygens (including phenoxy) is 3. The minimum Gasteiger partial charge on any atom is -0.463 e. The molecule has 7 unspecified atom stereocenters. The summed E-state index contributed by atoms with van der Waals surface area (Å²) in [5.74, 6) is -5.00. The third kappa shape index (κ3) is 10.4. The van der Waals surface area contributed by atoms with Crippen molar-refractivity contribution in [1.29, 1.82) is 0 Å². The number of aliphatic hydroxyl groups excluding tert-OH is 3. The molecule has 1 aromatic heterocycles. The molecule has 2 aliphatic heterocycles. The zero-order valence-corrected chi connectivity index (χ0v) is 37.1. The summed E-state index contributed by atoms with van der Waals surface area (Å²) < 4.78 is 46.1. The molecule has 2 amide bonds. The molecule has 1 aromatic rings. The number of nitrogens with zero attached hydrogens (tertiary/aromatic N) is 3. The average Bonchev–Trinajstić information content (AvgIpc) is 3.93. The lowest BCUT2D eigenvalue weighted by atomic mass is 9.61. The van der Waals surface area contributed by atoms with Crippen LogP contribution in [0.15, 0.2) is 64.7 Å². The van der Waals surface area contributed by atoms with Crippen molar-refractivity contribution in [2.45, 2.75) is 139 Å². The number of nitrogen functional groups attached to an aromatic ring is 1. The highest BCUT2D eigenvalue weighted by molar-refractivity contribution is 8.01. The molecule has 0 aromatic carbocycles. The number of anilines is 1. The maximum Gasteiger partial charge on any atom is 0.351 e. The average molecular weight is 915 g/mol. The molecule has 6 fully saturated rings. The molecule has 0 radical (unpaired) electrons. The number of imide groups is 1. The summed E-state index contributed by atoms with van der Waals surface area (Å²) in [5.41, 5.74) is 7.28. The van der Waals surface area contributed by atoms with Gasteiger partial charge in [-0.25, -0.2) is 4.79 Å². The number of amides is 2. The van der Waals surface area contributed by atoms with Gasteiger partial charge >= 0.3 is 23.6 Å². The zero-order valence-electron chi connectivity index (χ0n) is 36.3. The van der Waals surface area contributed by atoms with Crippen molar-refractivity contribution in [1.82, 2.24) is 14.5 Å². The smallest absolute Gasteiger partial charge is 0.351 e. The van der Waals surface area contributed by atoms with Gasteiger partial charge in [-0.05, 0) is 97.7 Å². The first-order valence-corrected chi connectivity index (χ1v) is 23.4. The van der Waals surface area contributed by atoms with E-state index in [0.29, 0.717) is 40.2 Å². The number of carbonyl (C=O) groups excluding carboxylic acids is 4. The number of allylic oxidation sites excluding steroid dienone is 4. The fraction of sp³-hybridized carbons (Fsp3) is 0.652. The minimum absolute atomic E-state index is 0.000317. The van der Waals surface area contributed by atoms with Gasteiger partial charge < -0.3 is 35.3 Å². The van der Waals surface area contributed by atoms with Gasteiger partial charge in [-0.3, -0.25) is 28.6 Å². The van der Waals surface area contributed by atoms with E-state index in [9.17, 15) is 48.1 Å². The number of halogens is 2. The Bertz CT molecular complexity index is 2120. The Morgan fingerprint density at radius 1 is 1.12 bits per heavy atom. The molecule has 0 spiro atoms. The van der Waals surface area contributed by atoms with Gasteiger partial charge in [0.25, 0.3) is 0 Å². The number of likely N-dealkylation sites (tertiary alicyclic amines) is 1. The fourth-order valence-corrected chi connectivity index (χ4v) is 11.4. The number of esters is 2. The van der Waals surface area contributed by atoms with E-state index in [2.05, 4.69) is 37.6 Å². The Hall–Kier alpha value is -4.23. The van der Waals surface area contributed by atoms with Gasteiger partial charge in [-0.2, -0.15) is 13.8 Å². The van der Waals surface area contributed by atoms with Crippen molar-refractivity contribution in [2.75, 3.05) is 24.6 Å². The predicted octanol–water partition coefficient (Wildman–Crippen LogP) is 4.56. The van der Waals surface area contributed by atoms with Gasteiger partial charge in [0.2, 0.25) is 18.0 Å². The monoisotopic (exact) mass is 914 g/mol. The predicted molar refractivity (Wildman–Crippen MR) is 231 cm³/mol. The molecule has 7 rings (SSSR count). The summed E-state index contributed by atoms with van der Waals surface area (Å²) in [7, 11) is 0. The van der Waals surface area contributed by atoms with E-state index >= 15 is 0 Å². The van der Waals surface area contributed by atoms with E-state index in [1.54, 1.807) is 0 Å². The normalized spacial score (nSPS) is 33.9. The number of nitrogens with two attached hydrogens (primary N) is 1. The van der Waals surface area contributed by atoms with Crippen LogP contribution in [0.2, 0.25) is 0 Å². The second-order valence-corrected chi connectivity index (χ2v) is 19.7. The Labute approximate surface area is 375 Å². The standard InChI is InChI=1S/C46H60F2N4O11S/c1-25(8-15-33(53)28-10-11-28)31-13-14-32-27(6-4-17-45(31,32)3)9-12-29-20-30(21-34(54)26(29)2)62-40(57)24-64-36-22-38(55)51(42(36)59)18-5-7-39(56)61-23-35-41(58)46(47,48)43(63-35)52-19-16-37(49)50-44(52)60/h8-9,12,15-16,19,25,28,30-36,41,43,53-54,58H,2,4-7,10-11,13-14,17-18,20-24H2,1,3H3,(H2,49,50,60)/b15-8+,27-9+,29-12-/t25-,30+,31?,32?,33?,34-,35?,36?,41?,43?,45+/m0/s1. The number of aromatic nitrogens is 2. The van der Waals surface area contributed by atoms with E-state index < -0.39 is 77.9 Å². The fourth-order valence-electron chi connectivity index (χ4n) is 10.4. The van der Waals surface area contributed by atoms with Gasteiger partial charge in [0.1, 0.15) is 24.6 Å². The van der Waals surface area contributed by atoms with Gasteiger partial charge in [-0.1, -0.05) is 50.3 Å². The maximum absolute atomic E-state index is 14.8. The number of rotatable bonds is 16. The first kappa shape index (κ1) is 47.7. The van der Waals surface area contributed by atoms with Crippen molar-refractivity contribution in [2.24, 2.45) is 29.1 Å². The summed E-state index contributed by atoms with van der Waals surface area (Å²) in [5, 5.41) is 30.7. The quantitative estimate of drug-likeness (QED) is 0.102. The van der Waals surface area contributed by atoms with Crippen LogP contribution in [0.1, 0.15) is 97.1 Å². The first-order valence-electron chi connectivity index (χ1n) is 22.4. The molecule has 2 saturated heterocycles. The molecular formula is C46H60F2N4O11S. The molecule has 0 bridgehead atoms. The molecule has 15 nitrogen and oxygen atoms in total. The van der Waals surface area contributed by atoms with Crippen LogP contribution in [0, 0.1) is 29.1 Å². The lowest BCUT2D eigenvalue weighted by Crippen LogP contribution is -2.42. The highest BCUT2D eigenvalue weighted by atomic mass is 32.2. The molecular weight excluding hydrogens is 855 g/mol. The number of fused-ring (bicyclic) bond motifs is 1. The van der Waals surface area contributed by atoms with Crippen LogP contribution in [-0.4, -0.2) is 114 Å². The highest BCUT2D eigenvalue weighted by Crippen LogP contribution is 2.59. The molecule has 4 aliphatic carbocycles. The number of hydrogen-bond acceptors (Lipinski definition) is 14. The Kier molecular flexibility index (Phi) is 14.7. The van der Waals surface area contributed by atoms with Crippen LogP contribution in [0.5, 0.6) is 0 Å². The summed E-state index contributed by atoms with van der Waals surface area (Å²) in [4.78, 5) is 67.8. The molecule has 18 heteroatoms. The number of aliphatic hydroxyl groups is 3. The summed E-state index contributed by atoms with van der Waals surface area (Å²) in [6.45, 7) is 7.96. The lowest BCUT2D eigenvalue weighted by Gasteiger charge is -2.44. The van der Waals surface area contributed by atoms with E-state index in [-0.39, 0.29) is 55.3 Å². The highest BCUT2D eigenvalue weighted by Gasteiger charge is 2.60. The van der Waals surface area contributed by atoms with Crippen LogP contribution < -0.4 is 11.4 Å². The van der Waals surface area contributed by atoms with Crippen LogP contribution >= 0.6 is 11.8 Å². The zero-order chi connectivity index (χ0) is 46.1. The Balaban J connectivity index is 0.843. The third-order valence-corrected chi connectivity index (χ3v) is 15.4. The van der Waals surface area contributed by atoms with Crippen molar-refractivity contribution in [3.05, 3.63) is 70.3 Å². The molecule has 350 valence electrons. The van der Waals surface area contributed by atoms with Gasteiger partial charge in [-0.15, -0.1) is 11.8 Å². The molecule has 64 heavy (non-hydrogen) atoms. The first-order chi connectivity index (χ1) is 30.4. The van der Waals surface area contributed by atoms with Crippen molar-refractivity contribution >= 4 is 41.3 Å². The number of alkyl halides is 2. The second-order valence-electron chi connectivity index (χ2n) is 18.6. The van der Waals surface area contributed by atoms with E-state index in [4.69, 9.17) is 19.9 Å². The van der Waals surface area contributed by atoms with E-state index in [0.717, 1.165) is 79.4 Å². The van der Waals surface area contributed by atoms with Crippen LogP contribution in [0.25, 0.3) is 0 Å². The van der Waals surface area contributed by atoms with Gasteiger partial charge in [0.05, 0.1) is 23.2 Å². The Morgan fingerprint density at radius 3 is 2.62 bits per heavy atom. The topological polar surface area (TPSA) is 221 Å². The van der Waals surface area contributed by atoms with E-state index in [1.807, 2.05) is 12.2 Å². The minimum atomic E-state index is -3.93.